The number of carbonyl (C=O) groups is 3. The number of hydrogen-bond donors (Lipinski definition) is 3. The van der Waals surface area contributed by atoms with E-state index < -0.39 is 17.9 Å². The van der Waals surface area contributed by atoms with E-state index in [1.165, 1.54) is 5.56 Å². The molecule has 0 spiro atoms. The average molecular weight is 412 g/mol. The highest BCUT2D eigenvalue weighted by atomic mass is 16.5. The first-order valence-corrected chi connectivity index (χ1v) is 10.0. The first-order valence-electron chi connectivity index (χ1n) is 10.0. The van der Waals surface area contributed by atoms with Crippen LogP contribution in [0.25, 0.3) is 0 Å². The molecule has 0 bridgehead atoms. The molecule has 0 aliphatic rings. The summed E-state index contributed by atoms with van der Waals surface area (Å²) in [5, 5.41) is 2.78. The van der Waals surface area contributed by atoms with Crippen molar-refractivity contribution in [2.24, 2.45) is 5.92 Å². The van der Waals surface area contributed by atoms with Gasteiger partial charge in [-0.15, -0.1) is 0 Å². The first-order chi connectivity index (χ1) is 14.3. The van der Waals surface area contributed by atoms with Crippen LogP contribution in [0.2, 0.25) is 0 Å². The van der Waals surface area contributed by atoms with E-state index >= 15 is 0 Å². The lowest BCUT2D eigenvalue weighted by Gasteiger charge is -2.15. The number of rotatable bonds is 8. The molecule has 7 nitrogen and oxygen atoms in total. The van der Waals surface area contributed by atoms with Crippen LogP contribution in [-0.4, -0.2) is 23.8 Å². The number of anilines is 1. The van der Waals surface area contributed by atoms with Gasteiger partial charge in [-0.2, -0.15) is 0 Å². The highest BCUT2D eigenvalue weighted by Gasteiger charge is 2.16. The molecule has 0 aliphatic heterocycles. The molecule has 1 atom stereocenters. The van der Waals surface area contributed by atoms with E-state index in [1.54, 1.807) is 31.2 Å². The minimum absolute atomic E-state index is 0.0761. The highest BCUT2D eigenvalue weighted by Crippen LogP contribution is 2.14. The molecule has 0 fully saturated rings. The molecule has 3 N–H and O–H groups in total. The molecule has 3 amide bonds. The quantitative estimate of drug-likeness (QED) is 0.580. The second-order valence-electron chi connectivity index (χ2n) is 7.42. The van der Waals surface area contributed by atoms with Gasteiger partial charge in [0.2, 0.25) is 5.91 Å². The van der Waals surface area contributed by atoms with Crippen LogP contribution in [0.15, 0.2) is 48.5 Å². The Hall–Kier alpha value is -3.35. The van der Waals surface area contributed by atoms with E-state index in [0.717, 1.165) is 6.42 Å². The van der Waals surface area contributed by atoms with Gasteiger partial charge < -0.3 is 10.1 Å². The molecule has 0 saturated carbocycles. The van der Waals surface area contributed by atoms with E-state index in [-0.39, 0.29) is 11.8 Å². The van der Waals surface area contributed by atoms with Crippen molar-refractivity contribution < 1.29 is 19.1 Å². The number of nitrogens with one attached hydrogen (secondary N) is 3. The third kappa shape index (κ3) is 7.24. The fourth-order valence-corrected chi connectivity index (χ4v) is 2.64. The number of carbonyl (C=O) groups excluding carboxylic acids is 3. The fourth-order valence-electron chi connectivity index (χ4n) is 2.64. The summed E-state index contributed by atoms with van der Waals surface area (Å²) in [5.41, 5.74) is 6.86. The van der Waals surface area contributed by atoms with Crippen molar-refractivity contribution in [2.45, 2.75) is 46.6 Å². The molecular weight excluding hydrogens is 382 g/mol. The second-order valence-corrected chi connectivity index (χ2v) is 7.42. The number of hydrazine groups is 1. The minimum Gasteiger partial charge on any atom is -0.481 e. The van der Waals surface area contributed by atoms with E-state index in [9.17, 15) is 14.4 Å². The largest absolute Gasteiger partial charge is 0.481 e. The maximum absolute atomic E-state index is 12.2. The number of benzene rings is 2. The molecule has 2 rings (SSSR count). The van der Waals surface area contributed by atoms with Gasteiger partial charge in [-0.05, 0) is 61.2 Å². The second kappa shape index (κ2) is 11.0. The molecule has 0 saturated heterocycles. The summed E-state index contributed by atoms with van der Waals surface area (Å²) in [4.78, 5) is 36.2. The number of ether oxygens (including phenoxy) is 1. The van der Waals surface area contributed by atoms with Gasteiger partial charge in [-0.3, -0.25) is 25.2 Å². The lowest BCUT2D eigenvalue weighted by molar-refractivity contribution is -0.128. The monoisotopic (exact) mass is 411 g/mol. The summed E-state index contributed by atoms with van der Waals surface area (Å²) in [5.74, 6) is -0.173. The zero-order valence-corrected chi connectivity index (χ0v) is 17.8. The van der Waals surface area contributed by atoms with E-state index in [4.69, 9.17) is 4.74 Å². The molecule has 2 aromatic carbocycles. The fraction of sp³-hybridized carbons (Fsp3) is 0.348. The van der Waals surface area contributed by atoms with Gasteiger partial charge >= 0.3 is 0 Å². The Bertz CT molecular complexity index is 861. The van der Waals surface area contributed by atoms with Crippen LogP contribution in [0.1, 0.15) is 50.0 Å². The Labute approximate surface area is 177 Å². The lowest BCUT2D eigenvalue weighted by atomic mass is 10.1. The average Bonchev–Trinajstić information content (AvgIpc) is 2.72. The zero-order chi connectivity index (χ0) is 22.1. The van der Waals surface area contributed by atoms with Crippen molar-refractivity contribution in [1.29, 1.82) is 0 Å². The van der Waals surface area contributed by atoms with E-state index in [0.29, 0.717) is 23.4 Å². The molecule has 160 valence electrons. The van der Waals surface area contributed by atoms with Gasteiger partial charge in [0, 0.05) is 17.7 Å². The predicted molar refractivity (Wildman–Crippen MR) is 116 cm³/mol. The van der Waals surface area contributed by atoms with Crippen molar-refractivity contribution in [3.63, 3.8) is 0 Å². The summed E-state index contributed by atoms with van der Waals surface area (Å²) in [7, 11) is 0. The normalized spacial score (nSPS) is 11.5. The maximum atomic E-state index is 12.2. The van der Waals surface area contributed by atoms with Gasteiger partial charge in [0.1, 0.15) is 5.75 Å². The third-order valence-corrected chi connectivity index (χ3v) is 4.34. The van der Waals surface area contributed by atoms with Gasteiger partial charge in [0.05, 0.1) is 0 Å². The molecular formula is C23H29N3O4. The summed E-state index contributed by atoms with van der Waals surface area (Å²) in [6.07, 6.45) is 0.571. The van der Waals surface area contributed by atoms with Crippen molar-refractivity contribution >= 4 is 23.4 Å². The number of hydrogen-bond acceptors (Lipinski definition) is 4. The highest BCUT2D eigenvalue weighted by molar-refractivity contribution is 5.97. The van der Waals surface area contributed by atoms with Crippen molar-refractivity contribution in [3.8, 4) is 5.75 Å². The summed E-state index contributed by atoms with van der Waals surface area (Å²) in [6, 6.07) is 13.9. The van der Waals surface area contributed by atoms with Crippen LogP contribution in [0.5, 0.6) is 5.75 Å². The van der Waals surface area contributed by atoms with Crippen LogP contribution in [0.4, 0.5) is 5.69 Å². The van der Waals surface area contributed by atoms with Crippen LogP contribution < -0.4 is 20.9 Å². The van der Waals surface area contributed by atoms with Crippen LogP contribution in [0.3, 0.4) is 0 Å². The Morgan fingerprint density at radius 2 is 1.53 bits per heavy atom. The van der Waals surface area contributed by atoms with Crippen LogP contribution in [-0.2, 0) is 16.0 Å². The molecule has 0 heterocycles. The van der Waals surface area contributed by atoms with E-state index in [2.05, 4.69) is 23.1 Å². The smallest absolute Gasteiger partial charge is 0.279 e. The number of aryl methyl sites for hydroxylation is 1. The van der Waals surface area contributed by atoms with Crippen LogP contribution >= 0.6 is 0 Å². The molecule has 1 unspecified atom stereocenters. The van der Waals surface area contributed by atoms with Gasteiger partial charge in [-0.1, -0.05) is 32.9 Å². The zero-order valence-electron chi connectivity index (χ0n) is 17.8. The number of amides is 3. The summed E-state index contributed by atoms with van der Waals surface area (Å²) in [6.45, 7) is 7.60. The predicted octanol–water partition coefficient (Wildman–Crippen LogP) is 3.46. The van der Waals surface area contributed by atoms with Crippen LogP contribution in [0, 0.1) is 5.92 Å². The Morgan fingerprint density at radius 3 is 2.10 bits per heavy atom. The summed E-state index contributed by atoms with van der Waals surface area (Å²) >= 11 is 0. The SMILES string of the molecule is CCc1ccc(OC(C)C(=O)NNC(=O)c2ccc(NC(=O)CC(C)C)cc2)cc1. The molecule has 2 aromatic rings. The Balaban J connectivity index is 1.82. The van der Waals surface area contributed by atoms with Crippen molar-refractivity contribution in [3.05, 3.63) is 59.7 Å². The molecule has 0 aliphatic carbocycles. The summed E-state index contributed by atoms with van der Waals surface area (Å²) < 4.78 is 5.59. The van der Waals surface area contributed by atoms with E-state index in [1.807, 2.05) is 38.1 Å². The Morgan fingerprint density at radius 1 is 0.900 bits per heavy atom. The van der Waals surface area contributed by atoms with Crippen molar-refractivity contribution in [1.82, 2.24) is 10.9 Å². The molecule has 30 heavy (non-hydrogen) atoms. The third-order valence-electron chi connectivity index (χ3n) is 4.34. The minimum atomic E-state index is -0.781. The molecule has 0 radical (unpaired) electrons. The Kier molecular flexibility index (Phi) is 8.41. The lowest BCUT2D eigenvalue weighted by Crippen LogP contribution is -2.47. The maximum Gasteiger partial charge on any atom is 0.279 e. The molecule has 0 aromatic heterocycles. The topological polar surface area (TPSA) is 96.5 Å². The standard InChI is InChI=1S/C23H29N3O4/c1-5-17-6-12-20(13-7-17)30-16(4)22(28)25-26-23(29)18-8-10-19(11-9-18)24-21(27)14-15(2)3/h6-13,15-16H,5,14H2,1-4H3,(H,24,27)(H,25,28)(H,26,29). The van der Waals surface area contributed by atoms with Gasteiger partial charge in [0.15, 0.2) is 6.10 Å². The van der Waals surface area contributed by atoms with Crippen molar-refractivity contribution in [2.75, 3.05) is 5.32 Å². The first kappa shape index (κ1) is 22.9. The van der Waals surface area contributed by atoms with Gasteiger partial charge in [-0.25, -0.2) is 0 Å². The van der Waals surface area contributed by atoms with Gasteiger partial charge in [0.25, 0.3) is 11.8 Å². The molecule has 7 heteroatoms.